The summed E-state index contributed by atoms with van der Waals surface area (Å²) in [6.07, 6.45) is 10.6. The molecule has 154 valence electrons. The van der Waals surface area contributed by atoms with Gasteiger partial charge in [0.15, 0.2) is 0 Å². The summed E-state index contributed by atoms with van der Waals surface area (Å²) >= 11 is 0. The summed E-state index contributed by atoms with van der Waals surface area (Å²) in [5.41, 5.74) is 4.80. The molecule has 0 spiro atoms. The van der Waals surface area contributed by atoms with E-state index in [0.717, 1.165) is 54.9 Å². The summed E-state index contributed by atoms with van der Waals surface area (Å²) in [4.78, 5) is 19.0. The molecule has 0 radical (unpaired) electrons. The predicted octanol–water partition coefficient (Wildman–Crippen LogP) is 4.19. The van der Waals surface area contributed by atoms with Crippen LogP contribution in [0.4, 0.5) is 0 Å². The predicted molar refractivity (Wildman–Crippen MR) is 109 cm³/mol. The Morgan fingerprint density at radius 2 is 2.04 bits per heavy atom. The molecule has 2 bridgehead atoms. The van der Waals surface area contributed by atoms with Crippen molar-refractivity contribution in [3.8, 4) is 0 Å². The number of hydroxylamine groups is 1. The molecule has 2 saturated carbocycles. The van der Waals surface area contributed by atoms with E-state index in [1.165, 1.54) is 32.1 Å². The molecule has 1 amide bonds. The SMILES string of the molecule is CCC1Cc2ncc(C(=O)NO)cc2CN1CC1(C)CC2CC(C)CC(C2)C1. The van der Waals surface area contributed by atoms with Crippen molar-refractivity contribution < 1.29 is 10.0 Å². The second-order valence-electron chi connectivity index (χ2n) is 10.2. The lowest BCUT2D eigenvalue weighted by Gasteiger charge is -2.50. The molecular formula is C23H35N3O2. The first-order chi connectivity index (χ1) is 13.4. The average Bonchev–Trinajstić information content (AvgIpc) is 2.64. The van der Waals surface area contributed by atoms with Gasteiger partial charge in [0.25, 0.3) is 5.91 Å². The number of hydrogen-bond donors (Lipinski definition) is 2. The van der Waals surface area contributed by atoms with Crippen LogP contribution in [0.2, 0.25) is 0 Å². The van der Waals surface area contributed by atoms with Crippen LogP contribution in [0.5, 0.6) is 0 Å². The molecule has 2 N–H and O–H groups in total. The normalized spacial score (nSPS) is 35.3. The standard InChI is InChI=1S/C23H35N3O2/c1-4-20-9-21-19(8-18(12-24-21)22(27)25-28)13-26(20)14-23(3)10-16-5-15(2)6-17(7-16)11-23/h8,12,15-17,20,28H,4-7,9-11,13-14H2,1-3H3,(H,25,27). The molecule has 28 heavy (non-hydrogen) atoms. The van der Waals surface area contributed by atoms with Gasteiger partial charge >= 0.3 is 0 Å². The van der Waals surface area contributed by atoms with Crippen LogP contribution in [-0.2, 0) is 13.0 Å². The fraction of sp³-hybridized carbons (Fsp3) is 0.739. The highest BCUT2D eigenvalue weighted by Gasteiger charge is 2.42. The lowest BCUT2D eigenvalue weighted by Crippen LogP contribution is -2.48. The zero-order valence-corrected chi connectivity index (χ0v) is 17.6. The van der Waals surface area contributed by atoms with Gasteiger partial charge in [0, 0.05) is 37.4 Å². The van der Waals surface area contributed by atoms with Crippen molar-refractivity contribution in [2.45, 2.75) is 78.3 Å². The Labute approximate surface area is 168 Å². The molecule has 5 heteroatoms. The van der Waals surface area contributed by atoms with Gasteiger partial charge < -0.3 is 0 Å². The van der Waals surface area contributed by atoms with Crippen LogP contribution in [0.3, 0.4) is 0 Å². The van der Waals surface area contributed by atoms with E-state index in [2.05, 4.69) is 30.7 Å². The highest BCUT2D eigenvalue weighted by atomic mass is 16.5. The van der Waals surface area contributed by atoms with Gasteiger partial charge in [-0.15, -0.1) is 0 Å². The third-order valence-electron chi connectivity index (χ3n) is 7.50. The van der Waals surface area contributed by atoms with Crippen molar-refractivity contribution in [3.05, 3.63) is 29.1 Å². The highest BCUT2D eigenvalue weighted by Crippen LogP contribution is 2.50. The summed E-state index contributed by atoms with van der Waals surface area (Å²) in [7, 11) is 0. The molecule has 1 aliphatic heterocycles. The first-order valence-corrected chi connectivity index (χ1v) is 11.1. The second kappa shape index (κ2) is 7.75. The minimum Gasteiger partial charge on any atom is -0.295 e. The average molecular weight is 386 g/mol. The van der Waals surface area contributed by atoms with Gasteiger partial charge in [-0.3, -0.25) is 19.9 Å². The van der Waals surface area contributed by atoms with Gasteiger partial charge in [-0.25, -0.2) is 5.48 Å². The Balaban J connectivity index is 1.52. The third kappa shape index (κ3) is 3.97. The van der Waals surface area contributed by atoms with Gasteiger partial charge in [0.1, 0.15) is 0 Å². The van der Waals surface area contributed by atoms with Gasteiger partial charge in [-0.1, -0.05) is 20.8 Å². The van der Waals surface area contributed by atoms with Crippen LogP contribution in [0.25, 0.3) is 0 Å². The molecule has 2 heterocycles. The lowest BCUT2D eigenvalue weighted by molar-refractivity contribution is 0.00383. The minimum atomic E-state index is -0.486. The number of nitrogens with one attached hydrogen (secondary N) is 1. The molecule has 0 saturated heterocycles. The van der Waals surface area contributed by atoms with E-state index >= 15 is 0 Å². The van der Waals surface area contributed by atoms with Crippen LogP contribution in [0.15, 0.2) is 12.3 Å². The van der Waals surface area contributed by atoms with E-state index in [1.54, 1.807) is 11.7 Å². The molecule has 3 unspecified atom stereocenters. The summed E-state index contributed by atoms with van der Waals surface area (Å²) < 4.78 is 0. The Morgan fingerprint density at radius 1 is 1.32 bits per heavy atom. The molecule has 0 aromatic carbocycles. The number of carbonyl (C=O) groups is 1. The second-order valence-corrected chi connectivity index (χ2v) is 10.2. The topological polar surface area (TPSA) is 65.5 Å². The number of nitrogens with zero attached hydrogens (tertiary/aromatic N) is 2. The van der Waals surface area contributed by atoms with E-state index in [0.29, 0.717) is 17.0 Å². The first-order valence-electron chi connectivity index (χ1n) is 11.1. The highest BCUT2D eigenvalue weighted by molar-refractivity contribution is 5.93. The largest absolute Gasteiger partial charge is 0.295 e. The number of carbonyl (C=O) groups excluding carboxylic acids is 1. The van der Waals surface area contributed by atoms with Crippen molar-refractivity contribution in [2.24, 2.45) is 23.2 Å². The number of aromatic nitrogens is 1. The zero-order valence-electron chi connectivity index (χ0n) is 17.6. The smallest absolute Gasteiger partial charge is 0.276 e. The summed E-state index contributed by atoms with van der Waals surface area (Å²) in [5.74, 6) is 2.23. The Morgan fingerprint density at radius 3 is 2.68 bits per heavy atom. The molecule has 2 aliphatic carbocycles. The fourth-order valence-electron chi connectivity index (χ4n) is 6.66. The van der Waals surface area contributed by atoms with Crippen LogP contribution < -0.4 is 5.48 Å². The van der Waals surface area contributed by atoms with Gasteiger partial charge in [0.2, 0.25) is 0 Å². The monoisotopic (exact) mass is 385 g/mol. The van der Waals surface area contributed by atoms with Crippen LogP contribution in [0.1, 0.15) is 80.9 Å². The van der Waals surface area contributed by atoms with E-state index in [-0.39, 0.29) is 0 Å². The van der Waals surface area contributed by atoms with Crippen LogP contribution in [-0.4, -0.2) is 33.6 Å². The summed E-state index contributed by atoms with van der Waals surface area (Å²) in [6.45, 7) is 9.22. The maximum atomic E-state index is 11.8. The summed E-state index contributed by atoms with van der Waals surface area (Å²) in [5, 5.41) is 8.93. The molecule has 1 aromatic rings. The molecule has 5 nitrogen and oxygen atoms in total. The number of rotatable bonds is 4. The molecule has 3 atom stereocenters. The van der Waals surface area contributed by atoms with E-state index in [4.69, 9.17) is 5.21 Å². The van der Waals surface area contributed by atoms with Gasteiger partial charge in [-0.2, -0.15) is 0 Å². The summed E-state index contributed by atoms with van der Waals surface area (Å²) in [6, 6.07) is 2.43. The van der Waals surface area contributed by atoms with E-state index in [9.17, 15) is 4.79 Å². The Bertz CT molecular complexity index is 717. The van der Waals surface area contributed by atoms with Crippen LogP contribution in [0, 0.1) is 23.2 Å². The fourth-order valence-corrected chi connectivity index (χ4v) is 6.66. The van der Waals surface area contributed by atoms with E-state index in [1.807, 2.05) is 6.07 Å². The zero-order chi connectivity index (χ0) is 19.9. The molecule has 2 fully saturated rings. The number of pyridine rings is 1. The Kier molecular flexibility index (Phi) is 5.49. The first kappa shape index (κ1) is 19.8. The number of fused-ring (bicyclic) bond motifs is 3. The number of hydrogen-bond acceptors (Lipinski definition) is 4. The maximum absolute atomic E-state index is 11.8. The van der Waals surface area contributed by atoms with Crippen molar-refractivity contribution in [1.29, 1.82) is 0 Å². The van der Waals surface area contributed by atoms with Crippen molar-refractivity contribution in [3.63, 3.8) is 0 Å². The van der Waals surface area contributed by atoms with Crippen LogP contribution >= 0.6 is 0 Å². The Hall–Kier alpha value is -1.46. The quantitative estimate of drug-likeness (QED) is 0.602. The molecular weight excluding hydrogens is 350 g/mol. The van der Waals surface area contributed by atoms with Crippen molar-refractivity contribution in [2.75, 3.05) is 6.54 Å². The molecule has 3 aliphatic rings. The van der Waals surface area contributed by atoms with Gasteiger partial charge in [-0.05, 0) is 73.3 Å². The number of amides is 1. The van der Waals surface area contributed by atoms with Crippen molar-refractivity contribution >= 4 is 5.91 Å². The maximum Gasteiger partial charge on any atom is 0.276 e. The minimum absolute atomic E-state index is 0.395. The molecule has 1 aromatic heterocycles. The van der Waals surface area contributed by atoms with Crippen molar-refractivity contribution in [1.82, 2.24) is 15.4 Å². The third-order valence-corrected chi connectivity index (χ3v) is 7.50. The molecule has 4 rings (SSSR count). The van der Waals surface area contributed by atoms with E-state index < -0.39 is 5.91 Å². The lowest BCUT2D eigenvalue weighted by atomic mass is 9.59. The van der Waals surface area contributed by atoms with Gasteiger partial charge in [0.05, 0.1) is 5.56 Å².